The van der Waals surface area contributed by atoms with Gasteiger partial charge in [-0.3, -0.25) is 0 Å². The molecule has 0 aliphatic rings. The number of anilines is 1. The van der Waals surface area contributed by atoms with Crippen LogP contribution in [0.15, 0.2) is 41.4 Å². The van der Waals surface area contributed by atoms with E-state index in [9.17, 15) is 8.78 Å². The van der Waals surface area contributed by atoms with Gasteiger partial charge in [-0.05, 0) is 44.5 Å². The van der Waals surface area contributed by atoms with Crippen molar-refractivity contribution in [3.05, 3.63) is 59.2 Å². The van der Waals surface area contributed by atoms with E-state index in [0.717, 1.165) is 35.1 Å². The molecule has 0 saturated heterocycles. The monoisotopic (exact) mass is 461 g/mol. The number of guanidine groups is 1. The Morgan fingerprint density at radius 2 is 1.92 bits per heavy atom. The molecule has 4 nitrogen and oxygen atoms in total. The number of benzene rings is 2. The highest BCUT2D eigenvalue weighted by Gasteiger charge is 2.08. The first-order valence-electron chi connectivity index (χ1n) is 7.63. The van der Waals surface area contributed by atoms with E-state index in [1.165, 1.54) is 0 Å². The first kappa shape index (κ1) is 21.1. The number of hydrogen-bond donors (Lipinski definition) is 2. The lowest BCUT2D eigenvalue weighted by molar-refractivity contribution is 0.240. The van der Waals surface area contributed by atoms with Gasteiger partial charge in [-0.25, -0.2) is 13.8 Å². The first-order chi connectivity index (χ1) is 11.3. The summed E-state index contributed by atoms with van der Waals surface area (Å²) in [6.45, 7) is 6.12. The standard InChI is InChI=1S/C18H21F2N3O.HI/c1-11(2)24-17-8-12(3)4-5-13(17)10-22-18(21)23-16-9-14(19)6-7-15(16)20;/h4-9,11H,10H2,1-3H3,(H3,21,22,23);1H. The summed E-state index contributed by atoms with van der Waals surface area (Å²) in [5, 5.41) is 2.56. The summed E-state index contributed by atoms with van der Waals surface area (Å²) >= 11 is 0. The number of aryl methyl sites for hydroxylation is 1. The molecule has 0 aliphatic heterocycles. The van der Waals surface area contributed by atoms with Crippen LogP contribution in [-0.2, 0) is 6.54 Å². The van der Waals surface area contributed by atoms with E-state index in [1.54, 1.807) is 0 Å². The minimum Gasteiger partial charge on any atom is -0.491 e. The van der Waals surface area contributed by atoms with Crippen LogP contribution >= 0.6 is 24.0 Å². The van der Waals surface area contributed by atoms with E-state index in [2.05, 4.69) is 10.3 Å². The molecule has 0 saturated carbocycles. The summed E-state index contributed by atoms with van der Waals surface area (Å²) in [6.07, 6.45) is 0.0337. The van der Waals surface area contributed by atoms with Gasteiger partial charge in [0.1, 0.15) is 17.4 Å². The Labute approximate surface area is 163 Å². The van der Waals surface area contributed by atoms with Gasteiger partial charge in [0.05, 0.1) is 18.3 Å². The number of nitrogens with one attached hydrogen (secondary N) is 1. The fourth-order valence-corrected chi connectivity index (χ4v) is 2.10. The molecule has 7 heteroatoms. The van der Waals surface area contributed by atoms with Gasteiger partial charge in [-0.2, -0.15) is 0 Å². The van der Waals surface area contributed by atoms with Crippen LogP contribution in [0.5, 0.6) is 5.75 Å². The Morgan fingerprint density at radius 3 is 2.60 bits per heavy atom. The van der Waals surface area contributed by atoms with Gasteiger partial charge < -0.3 is 15.8 Å². The Hall–Kier alpha value is -1.90. The lowest BCUT2D eigenvalue weighted by atomic mass is 10.1. The van der Waals surface area contributed by atoms with Crippen LogP contribution in [0.3, 0.4) is 0 Å². The lowest BCUT2D eigenvalue weighted by Crippen LogP contribution is -2.23. The van der Waals surface area contributed by atoms with Crippen LogP contribution in [0.1, 0.15) is 25.0 Å². The summed E-state index contributed by atoms with van der Waals surface area (Å²) < 4.78 is 32.5. The van der Waals surface area contributed by atoms with Crippen molar-refractivity contribution in [1.82, 2.24) is 0 Å². The van der Waals surface area contributed by atoms with Crippen molar-refractivity contribution >= 4 is 35.6 Å². The Kier molecular flexibility index (Phi) is 8.08. The second kappa shape index (κ2) is 9.55. The summed E-state index contributed by atoms with van der Waals surface area (Å²) in [5.74, 6) is -0.430. The Bertz CT molecular complexity index is 751. The summed E-state index contributed by atoms with van der Waals surface area (Å²) in [7, 11) is 0. The third-order valence-corrected chi connectivity index (χ3v) is 3.20. The predicted octanol–water partition coefficient (Wildman–Crippen LogP) is 4.61. The van der Waals surface area contributed by atoms with E-state index in [1.807, 2.05) is 39.0 Å². The van der Waals surface area contributed by atoms with E-state index in [-0.39, 0.29) is 48.3 Å². The zero-order valence-electron chi connectivity index (χ0n) is 14.3. The van der Waals surface area contributed by atoms with E-state index >= 15 is 0 Å². The molecule has 0 spiro atoms. The van der Waals surface area contributed by atoms with Gasteiger partial charge in [-0.15, -0.1) is 24.0 Å². The number of nitrogens with two attached hydrogens (primary N) is 1. The molecule has 3 N–H and O–H groups in total. The smallest absolute Gasteiger partial charge is 0.193 e. The highest BCUT2D eigenvalue weighted by Crippen LogP contribution is 2.22. The number of hydrogen-bond acceptors (Lipinski definition) is 2. The van der Waals surface area contributed by atoms with Gasteiger partial charge in [-0.1, -0.05) is 12.1 Å². The minimum absolute atomic E-state index is 0. The molecule has 25 heavy (non-hydrogen) atoms. The molecule has 0 heterocycles. The molecule has 2 aromatic rings. The number of ether oxygens (including phenoxy) is 1. The van der Waals surface area contributed by atoms with Gasteiger partial charge in [0.25, 0.3) is 0 Å². The second-order valence-electron chi connectivity index (χ2n) is 5.73. The van der Waals surface area contributed by atoms with Crippen LogP contribution in [0.2, 0.25) is 0 Å². The molecular formula is C18H22F2IN3O. The van der Waals surface area contributed by atoms with Crippen molar-refractivity contribution in [3.63, 3.8) is 0 Å². The summed E-state index contributed by atoms with van der Waals surface area (Å²) in [4.78, 5) is 4.17. The molecule has 136 valence electrons. The molecule has 0 unspecified atom stereocenters. The molecule has 0 amide bonds. The molecule has 2 aromatic carbocycles. The number of rotatable bonds is 5. The van der Waals surface area contributed by atoms with Gasteiger partial charge in [0, 0.05) is 11.6 Å². The van der Waals surface area contributed by atoms with Crippen molar-refractivity contribution in [2.45, 2.75) is 33.4 Å². The average molecular weight is 461 g/mol. The number of aliphatic imine (C=N–C) groups is 1. The maximum Gasteiger partial charge on any atom is 0.193 e. The average Bonchev–Trinajstić information content (AvgIpc) is 2.49. The first-order valence-corrected chi connectivity index (χ1v) is 7.63. The predicted molar refractivity (Wildman–Crippen MR) is 108 cm³/mol. The summed E-state index contributed by atoms with van der Waals surface area (Å²) in [5.41, 5.74) is 7.64. The fourth-order valence-electron chi connectivity index (χ4n) is 2.10. The molecule has 2 rings (SSSR count). The minimum atomic E-state index is -0.603. The van der Waals surface area contributed by atoms with Crippen LogP contribution in [0, 0.1) is 18.6 Å². The zero-order chi connectivity index (χ0) is 17.7. The molecule has 0 aromatic heterocycles. The van der Waals surface area contributed by atoms with E-state index in [0.29, 0.717) is 0 Å². The number of nitrogens with zero attached hydrogens (tertiary/aromatic N) is 1. The third-order valence-electron chi connectivity index (χ3n) is 3.20. The topological polar surface area (TPSA) is 59.6 Å². The SMILES string of the molecule is Cc1ccc(CN=C(N)Nc2cc(F)ccc2F)c(OC(C)C)c1.I. The normalized spacial score (nSPS) is 11.2. The lowest BCUT2D eigenvalue weighted by Gasteiger charge is -2.14. The second-order valence-corrected chi connectivity index (χ2v) is 5.73. The molecule has 0 radical (unpaired) electrons. The van der Waals surface area contributed by atoms with Gasteiger partial charge in [0.2, 0.25) is 0 Å². The molecular weight excluding hydrogens is 439 g/mol. The molecule has 0 fully saturated rings. The summed E-state index contributed by atoms with van der Waals surface area (Å²) in [6, 6.07) is 8.88. The van der Waals surface area contributed by atoms with Crippen LogP contribution in [0.25, 0.3) is 0 Å². The Morgan fingerprint density at radius 1 is 1.20 bits per heavy atom. The number of halogens is 3. The molecule has 0 aliphatic carbocycles. The van der Waals surface area contributed by atoms with E-state index < -0.39 is 11.6 Å². The highest BCUT2D eigenvalue weighted by molar-refractivity contribution is 14.0. The van der Waals surface area contributed by atoms with Crippen LogP contribution < -0.4 is 15.8 Å². The Balaban J connectivity index is 0.00000312. The van der Waals surface area contributed by atoms with Crippen molar-refractivity contribution < 1.29 is 13.5 Å². The zero-order valence-corrected chi connectivity index (χ0v) is 16.7. The van der Waals surface area contributed by atoms with Crippen LogP contribution in [0.4, 0.5) is 14.5 Å². The van der Waals surface area contributed by atoms with Crippen molar-refractivity contribution in [2.75, 3.05) is 5.32 Å². The largest absolute Gasteiger partial charge is 0.491 e. The molecule has 0 atom stereocenters. The maximum absolute atomic E-state index is 13.6. The van der Waals surface area contributed by atoms with Crippen LogP contribution in [-0.4, -0.2) is 12.1 Å². The maximum atomic E-state index is 13.6. The fraction of sp³-hybridized carbons (Fsp3) is 0.278. The van der Waals surface area contributed by atoms with Crippen molar-refractivity contribution in [1.29, 1.82) is 0 Å². The highest BCUT2D eigenvalue weighted by atomic mass is 127. The van der Waals surface area contributed by atoms with Gasteiger partial charge >= 0.3 is 0 Å². The van der Waals surface area contributed by atoms with Gasteiger partial charge in [0.15, 0.2) is 5.96 Å². The van der Waals surface area contributed by atoms with E-state index in [4.69, 9.17) is 10.5 Å². The molecule has 0 bridgehead atoms. The quantitative estimate of drug-likeness (QED) is 0.389. The van der Waals surface area contributed by atoms with Crippen molar-refractivity contribution in [2.24, 2.45) is 10.7 Å². The van der Waals surface area contributed by atoms with Crippen molar-refractivity contribution in [3.8, 4) is 5.75 Å². The third kappa shape index (κ3) is 6.49.